The fourth-order valence-corrected chi connectivity index (χ4v) is 2.51. The number of hydrogen-bond acceptors (Lipinski definition) is 1. The van der Waals surface area contributed by atoms with Crippen LogP contribution in [-0.4, -0.2) is 5.75 Å². The van der Waals surface area contributed by atoms with Gasteiger partial charge in [-0.3, -0.25) is 0 Å². The van der Waals surface area contributed by atoms with Gasteiger partial charge < -0.3 is 0 Å². The average Bonchev–Trinajstić information content (AvgIpc) is 2.31. The molecule has 0 spiro atoms. The summed E-state index contributed by atoms with van der Waals surface area (Å²) in [6.07, 6.45) is 1.15. The maximum atomic E-state index is 4.43. The van der Waals surface area contributed by atoms with Crippen LogP contribution in [0.2, 0.25) is 0 Å². The van der Waals surface area contributed by atoms with Gasteiger partial charge in [-0.2, -0.15) is 12.6 Å². The Labute approximate surface area is 96.7 Å². The van der Waals surface area contributed by atoms with Gasteiger partial charge in [-0.25, -0.2) is 0 Å². The molecule has 0 aliphatic heterocycles. The van der Waals surface area contributed by atoms with Gasteiger partial charge in [0.15, 0.2) is 0 Å². The summed E-state index contributed by atoms with van der Waals surface area (Å²) in [4.78, 5) is 0. The van der Waals surface area contributed by atoms with Crippen molar-refractivity contribution in [2.75, 3.05) is 5.75 Å². The van der Waals surface area contributed by atoms with Crippen LogP contribution >= 0.6 is 12.6 Å². The molecular weight excluding hydrogens is 200 g/mol. The lowest BCUT2D eigenvalue weighted by Crippen LogP contribution is -1.99. The molecule has 0 amide bonds. The zero-order chi connectivity index (χ0) is 10.7. The van der Waals surface area contributed by atoms with Crippen LogP contribution in [0.15, 0.2) is 42.5 Å². The maximum Gasteiger partial charge on any atom is -0.00288 e. The molecule has 0 saturated carbocycles. The van der Waals surface area contributed by atoms with E-state index in [1.807, 2.05) is 0 Å². The Balaban J connectivity index is 2.59. The Bertz CT molecular complexity index is 439. The molecule has 0 aliphatic carbocycles. The zero-order valence-electron chi connectivity index (χ0n) is 8.98. The largest absolute Gasteiger partial charge is 0.179 e. The van der Waals surface area contributed by atoms with Crippen molar-refractivity contribution < 1.29 is 0 Å². The van der Waals surface area contributed by atoms with Crippen LogP contribution in [0.25, 0.3) is 10.8 Å². The summed E-state index contributed by atoms with van der Waals surface area (Å²) in [6.45, 7) is 2.22. The first-order chi connectivity index (χ1) is 7.36. The lowest BCUT2D eigenvalue weighted by molar-refractivity contribution is 0.752. The van der Waals surface area contributed by atoms with E-state index in [1.165, 1.54) is 16.3 Å². The predicted octanol–water partition coefficient (Wildman–Crippen LogP) is 4.26. The molecule has 2 aromatic carbocycles. The minimum Gasteiger partial charge on any atom is -0.179 e. The topological polar surface area (TPSA) is 0 Å². The van der Waals surface area contributed by atoms with E-state index in [9.17, 15) is 0 Å². The lowest BCUT2D eigenvalue weighted by Gasteiger charge is -2.14. The summed E-state index contributed by atoms with van der Waals surface area (Å²) in [7, 11) is 0. The Morgan fingerprint density at radius 3 is 2.53 bits per heavy atom. The van der Waals surface area contributed by atoms with Gasteiger partial charge in [0.25, 0.3) is 0 Å². The molecule has 0 N–H and O–H groups in total. The number of rotatable bonds is 3. The Hall–Kier alpha value is -0.950. The average molecular weight is 216 g/mol. The number of benzene rings is 2. The van der Waals surface area contributed by atoms with Crippen LogP contribution in [0.3, 0.4) is 0 Å². The first-order valence-electron chi connectivity index (χ1n) is 5.45. The standard InChI is InChI=1S/C14H16S/c1-2-11(10-15)13-9-5-7-12-6-3-4-8-14(12)13/h3-9,11,15H,2,10H2,1H3. The molecule has 0 fully saturated rings. The number of fused-ring (bicyclic) bond motifs is 1. The Morgan fingerprint density at radius 2 is 1.80 bits per heavy atom. The van der Waals surface area contributed by atoms with Crippen molar-refractivity contribution >= 4 is 23.4 Å². The van der Waals surface area contributed by atoms with Gasteiger partial charge in [-0.1, -0.05) is 49.4 Å². The third-order valence-electron chi connectivity index (χ3n) is 2.98. The molecule has 1 atom stereocenters. The third kappa shape index (κ3) is 2.03. The highest BCUT2D eigenvalue weighted by Gasteiger charge is 2.09. The van der Waals surface area contributed by atoms with Crippen LogP contribution in [0, 0.1) is 0 Å². The van der Waals surface area contributed by atoms with Crippen molar-refractivity contribution in [2.45, 2.75) is 19.3 Å². The van der Waals surface area contributed by atoms with Gasteiger partial charge in [0.2, 0.25) is 0 Å². The van der Waals surface area contributed by atoms with Crippen molar-refractivity contribution in [3.05, 3.63) is 48.0 Å². The van der Waals surface area contributed by atoms with Crippen LogP contribution in [-0.2, 0) is 0 Å². The smallest absolute Gasteiger partial charge is 0.00288 e. The summed E-state index contributed by atoms with van der Waals surface area (Å²) in [6, 6.07) is 15.1. The van der Waals surface area contributed by atoms with Gasteiger partial charge in [0, 0.05) is 0 Å². The molecule has 0 aromatic heterocycles. The second kappa shape index (κ2) is 4.71. The van der Waals surface area contributed by atoms with Crippen molar-refractivity contribution in [3.8, 4) is 0 Å². The van der Waals surface area contributed by atoms with E-state index in [0.29, 0.717) is 5.92 Å². The van der Waals surface area contributed by atoms with Gasteiger partial charge in [0.05, 0.1) is 0 Å². The highest BCUT2D eigenvalue weighted by Crippen LogP contribution is 2.28. The molecule has 0 bridgehead atoms. The van der Waals surface area contributed by atoms with E-state index >= 15 is 0 Å². The molecule has 0 nitrogen and oxygen atoms in total. The minimum absolute atomic E-state index is 0.569. The summed E-state index contributed by atoms with van der Waals surface area (Å²) in [5.74, 6) is 1.49. The first kappa shape index (κ1) is 10.6. The highest BCUT2D eigenvalue weighted by atomic mass is 32.1. The molecular formula is C14H16S. The minimum atomic E-state index is 0.569. The van der Waals surface area contributed by atoms with Gasteiger partial charge >= 0.3 is 0 Å². The number of hydrogen-bond donors (Lipinski definition) is 1. The first-order valence-corrected chi connectivity index (χ1v) is 6.08. The molecule has 0 saturated heterocycles. The SMILES string of the molecule is CCC(CS)c1cccc2ccccc12. The molecule has 1 heteroatoms. The predicted molar refractivity (Wildman–Crippen MR) is 70.8 cm³/mol. The fourth-order valence-electron chi connectivity index (χ4n) is 2.05. The molecule has 0 heterocycles. The summed E-state index contributed by atoms with van der Waals surface area (Å²) >= 11 is 4.43. The van der Waals surface area contributed by atoms with Gasteiger partial charge in [-0.15, -0.1) is 0 Å². The monoisotopic (exact) mass is 216 g/mol. The van der Waals surface area contributed by atoms with Crippen molar-refractivity contribution in [3.63, 3.8) is 0 Å². The molecule has 78 valence electrons. The summed E-state index contributed by atoms with van der Waals surface area (Å²) < 4.78 is 0. The molecule has 0 aliphatic rings. The van der Waals surface area contributed by atoms with Gasteiger partial charge in [-0.05, 0) is 34.4 Å². The second-order valence-corrected chi connectivity index (χ2v) is 4.22. The normalized spacial score (nSPS) is 12.9. The fraction of sp³-hybridized carbons (Fsp3) is 0.286. The van der Waals surface area contributed by atoms with E-state index in [4.69, 9.17) is 0 Å². The summed E-state index contributed by atoms with van der Waals surface area (Å²) in [5, 5.41) is 2.70. The van der Waals surface area contributed by atoms with E-state index in [1.54, 1.807) is 0 Å². The Kier molecular flexibility index (Phi) is 3.32. The second-order valence-electron chi connectivity index (χ2n) is 3.86. The van der Waals surface area contributed by atoms with E-state index < -0.39 is 0 Å². The molecule has 0 radical (unpaired) electrons. The van der Waals surface area contributed by atoms with Gasteiger partial charge in [0.1, 0.15) is 0 Å². The van der Waals surface area contributed by atoms with Crippen LogP contribution in [0.1, 0.15) is 24.8 Å². The van der Waals surface area contributed by atoms with Crippen LogP contribution < -0.4 is 0 Å². The third-order valence-corrected chi connectivity index (χ3v) is 3.42. The quantitative estimate of drug-likeness (QED) is 0.728. The molecule has 1 unspecified atom stereocenters. The highest BCUT2D eigenvalue weighted by molar-refractivity contribution is 7.80. The molecule has 2 rings (SSSR count). The number of thiol groups is 1. The molecule has 2 aromatic rings. The van der Waals surface area contributed by atoms with Crippen LogP contribution in [0.5, 0.6) is 0 Å². The Morgan fingerprint density at radius 1 is 1.07 bits per heavy atom. The zero-order valence-corrected chi connectivity index (χ0v) is 9.87. The lowest BCUT2D eigenvalue weighted by atomic mass is 9.93. The van der Waals surface area contributed by atoms with E-state index in [2.05, 4.69) is 62.0 Å². The van der Waals surface area contributed by atoms with Crippen molar-refractivity contribution in [1.82, 2.24) is 0 Å². The molecule has 15 heavy (non-hydrogen) atoms. The van der Waals surface area contributed by atoms with Crippen molar-refractivity contribution in [1.29, 1.82) is 0 Å². The van der Waals surface area contributed by atoms with Crippen LogP contribution in [0.4, 0.5) is 0 Å². The summed E-state index contributed by atoms with van der Waals surface area (Å²) in [5.41, 5.74) is 1.44. The maximum absolute atomic E-state index is 4.43. The van der Waals surface area contributed by atoms with Crippen molar-refractivity contribution in [2.24, 2.45) is 0 Å². The van der Waals surface area contributed by atoms with E-state index in [-0.39, 0.29) is 0 Å². The van der Waals surface area contributed by atoms with E-state index in [0.717, 1.165) is 12.2 Å².